The lowest BCUT2D eigenvalue weighted by Crippen LogP contribution is -2.40. The van der Waals surface area contributed by atoms with Crippen LogP contribution in [0, 0.1) is 13.8 Å². The Bertz CT molecular complexity index is 1560. The van der Waals surface area contributed by atoms with Crippen LogP contribution in [0.25, 0.3) is 22.0 Å². The van der Waals surface area contributed by atoms with Gasteiger partial charge in [0.1, 0.15) is 17.0 Å². The van der Waals surface area contributed by atoms with Crippen LogP contribution in [0.15, 0.2) is 52.3 Å². The van der Waals surface area contributed by atoms with Gasteiger partial charge in [0.05, 0.1) is 6.20 Å². The van der Waals surface area contributed by atoms with Crippen LogP contribution in [-0.2, 0) is 14.1 Å². The van der Waals surface area contributed by atoms with Crippen LogP contribution in [0.2, 0.25) is 0 Å². The predicted molar refractivity (Wildman–Crippen MR) is 137 cm³/mol. The van der Waals surface area contributed by atoms with E-state index in [2.05, 4.69) is 10.3 Å². The molecular formula is C27H30N4O4. The summed E-state index contributed by atoms with van der Waals surface area (Å²) in [5, 5.41) is 3.44. The van der Waals surface area contributed by atoms with Gasteiger partial charge < -0.3 is 24.2 Å². The fraction of sp³-hybridized carbons (Fsp3) is 0.296. The normalized spacial score (nSPS) is 11.6. The molecule has 3 heterocycles. The van der Waals surface area contributed by atoms with E-state index in [1.54, 1.807) is 32.6 Å². The molecular weight excluding hydrogens is 444 g/mol. The number of hydrogen-bond donors (Lipinski definition) is 2. The molecule has 0 unspecified atom stereocenters. The average Bonchev–Trinajstić information content (AvgIpc) is 3.21. The molecule has 4 aromatic rings. The number of aromatic amines is 1. The SMILES string of the molecule is Cc1cccc(C)c1Oc1cn(C)c(=O)cc1-c1cn(C)c(=O)c2[nH]c(C(=O)NC(C)(C)C)cc12. The molecule has 0 atom stereocenters. The molecule has 0 saturated heterocycles. The lowest BCUT2D eigenvalue weighted by Gasteiger charge is -2.19. The van der Waals surface area contributed by atoms with E-state index >= 15 is 0 Å². The van der Waals surface area contributed by atoms with Gasteiger partial charge in [0, 0.05) is 48.4 Å². The molecule has 1 aromatic carbocycles. The molecule has 4 rings (SSSR count). The number of carbonyl (C=O) groups is 1. The van der Waals surface area contributed by atoms with Crippen molar-refractivity contribution in [2.45, 2.75) is 40.2 Å². The number of aryl methyl sites for hydroxylation is 4. The lowest BCUT2D eigenvalue weighted by atomic mass is 10.0. The van der Waals surface area contributed by atoms with E-state index in [1.165, 1.54) is 15.2 Å². The second-order valence-electron chi connectivity index (χ2n) is 9.96. The Morgan fingerprint density at radius 2 is 1.63 bits per heavy atom. The molecule has 182 valence electrons. The summed E-state index contributed by atoms with van der Waals surface area (Å²) in [6.07, 6.45) is 3.30. The highest BCUT2D eigenvalue weighted by Gasteiger charge is 2.22. The van der Waals surface area contributed by atoms with E-state index in [4.69, 9.17) is 4.74 Å². The van der Waals surface area contributed by atoms with Crippen molar-refractivity contribution in [2.75, 3.05) is 0 Å². The first-order valence-electron chi connectivity index (χ1n) is 11.4. The molecule has 0 radical (unpaired) electrons. The van der Waals surface area contributed by atoms with Gasteiger partial charge in [0.25, 0.3) is 17.0 Å². The second kappa shape index (κ2) is 8.61. The van der Waals surface area contributed by atoms with Gasteiger partial charge in [-0.3, -0.25) is 14.4 Å². The van der Waals surface area contributed by atoms with Gasteiger partial charge in [-0.2, -0.15) is 0 Å². The number of H-pyrrole nitrogens is 1. The van der Waals surface area contributed by atoms with E-state index in [-0.39, 0.29) is 28.2 Å². The minimum absolute atomic E-state index is 0.225. The summed E-state index contributed by atoms with van der Waals surface area (Å²) in [4.78, 5) is 41.4. The van der Waals surface area contributed by atoms with E-state index in [1.807, 2.05) is 52.8 Å². The number of ether oxygens (including phenoxy) is 1. The summed E-state index contributed by atoms with van der Waals surface area (Å²) in [7, 11) is 3.29. The molecule has 0 fully saturated rings. The number of aromatic nitrogens is 3. The van der Waals surface area contributed by atoms with Gasteiger partial charge in [-0.1, -0.05) is 18.2 Å². The summed E-state index contributed by atoms with van der Waals surface area (Å²) < 4.78 is 9.24. The maximum absolute atomic E-state index is 12.9. The van der Waals surface area contributed by atoms with Crippen LogP contribution >= 0.6 is 0 Å². The molecule has 3 aromatic heterocycles. The molecule has 0 aliphatic rings. The molecule has 0 aliphatic carbocycles. The number of nitrogens with zero attached hydrogens (tertiary/aromatic N) is 2. The number of hydrogen-bond acceptors (Lipinski definition) is 4. The first-order valence-corrected chi connectivity index (χ1v) is 11.4. The molecule has 0 saturated carbocycles. The maximum Gasteiger partial charge on any atom is 0.274 e. The van der Waals surface area contributed by atoms with Crippen LogP contribution < -0.4 is 21.2 Å². The van der Waals surface area contributed by atoms with Crippen molar-refractivity contribution in [1.82, 2.24) is 19.4 Å². The van der Waals surface area contributed by atoms with E-state index in [0.717, 1.165) is 11.1 Å². The van der Waals surface area contributed by atoms with Crippen LogP contribution in [0.5, 0.6) is 11.5 Å². The third-order valence-electron chi connectivity index (χ3n) is 5.80. The Labute approximate surface area is 203 Å². The zero-order valence-electron chi connectivity index (χ0n) is 21.1. The number of benzene rings is 1. The number of carbonyl (C=O) groups excluding carboxylic acids is 1. The van der Waals surface area contributed by atoms with Crippen molar-refractivity contribution < 1.29 is 9.53 Å². The Kier molecular flexibility index (Phi) is 5.92. The van der Waals surface area contributed by atoms with Gasteiger partial charge in [-0.25, -0.2) is 0 Å². The topological polar surface area (TPSA) is 98.1 Å². The number of nitrogens with one attached hydrogen (secondary N) is 2. The third-order valence-corrected chi connectivity index (χ3v) is 5.80. The molecule has 8 heteroatoms. The predicted octanol–water partition coefficient (Wildman–Crippen LogP) is 4.17. The molecule has 0 bridgehead atoms. The molecule has 35 heavy (non-hydrogen) atoms. The standard InChI is InChI=1S/C27H30N4O4/c1-15-9-8-10-16(2)24(15)35-21-14-30(6)22(32)12-17(21)19-13-31(7)26(34)23-18(19)11-20(28-23)25(33)29-27(3,4)5/h8-14,28H,1-7H3,(H,29,33). The second-order valence-corrected chi connectivity index (χ2v) is 9.96. The van der Waals surface area contributed by atoms with Crippen molar-refractivity contribution in [3.8, 4) is 22.6 Å². The number of rotatable bonds is 4. The average molecular weight is 475 g/mol. The zero-order valence-corrected chi connectivity index (χ0v) is 21.1. The highest BCUT2D eigenvalue weighted by molar-refractivity contribution is 6.03. The maximum atomic E-state index is 12.9. The molecule has 0 spiro atoms. The lowest BCUT2D eigenvalue weighted by molar-refractivity contribution is 0.0915. The van der Waals surface area contributed by atoms with Gasteiger partial charge in [-0.15, -0.1) is 0 Å². The van der Waals surface area contributed by atoms with Gasteiger partial charge in [-0.05, 0) is 51.8 Å². The summed E-state index contributed by atoms with van der Waals surface area (Å²) in [6, 6.07) is 9.01. The third kappa shape index (κ3) is 4.64. The number of para-hydroxylation sites is 1. The van der Waals surface area contributed by atoms with Gasteiger partial charge in [0.2, 0.25) is 0 Å². The smallest absolute Gasteiger partial charge is 0.274 e. The highest BCUT2D eigenvalue weighted by atomic mass is 16.5. The summed E-state index contributed by atoms with van der Waals surface area (Å²) >= 11 is 0. The first-order chi connectivity index (χ1) is 16.4. The van der Waals surface area contributed by atoms with E-state index < -0.39 is 5.54 Å². The summed E-state index contributed by atoms with van der Waals surface area (Å²) in [6.45, 7) is 9.57. The zero-order chi connectivity index (χ0) is 25.7. The highest BCUT2D eigenvalue weighted by Crippen LogP contribution is 2.37. The molecule has 1 amide bonds. The fourth-order valence-corrected chi connectivity index (χ4v) is 4.05. The summed E-state index contributed by atoms with van der Waals surface area (Å²) in [5.74, 6) is 0.844. The molecule has 0 aliphatic heterocycles. The van der Waals surface area contributed by atoms with Crippen molar-refractivity contribution in [2.24, 2.45) is 14.1 Å². The monoisotopic (exact) mass is 474 g/mol. The Morgan fingerprint density at radius 1 is 0.971 bits per heavy atom. The first kappa shape index (κ1) is 24.1. The molecule has 2 N–H and O–H groups in total. The minimum atomic E-state index is -0.444. The largest absolute Gasteiger partial charge is 0.455 e. The van der Waals surface area contributed by atoms with Crippen LogP contribution in [0.4, 0.5) is 0 Å². The number of pyridine rings is 2. The number of fused-ring (bicyclic) bond motifs is 1. The van der Waals surface area contributed by atoms with Crippen molar-refractivity contribution >= 4 is 16.8 Å². The van der Waals surface area contributed by atoms with Crippen molar-refractivity contribution in [3.63, 3.8) is 0 Å². The Morgan fingerprint density at radius 3 is 2.26 bits per heavy atom. The summed E-state index contributed by atoms with van der Waals surface area (Å²) in [5.41, 5.74) is 2.64. The van der Waals surface area contributed by atoms with Crippen LogP contribution in [0.3, 0.4) is 0 Å². The van der Waals surface area contributed by atoms with Crippen LogP contribution in [-0.4, -0.2) is 25.6 Å². The van der Waals surface area contributed by atoms with Gasteiger partial charge in [0.15, 0.2) is 5.75 Å². The van der Waals surface area contributed by atoms with Crippen molar-refractivity contribution in [1.29, 1.82) is 0 Å². The fourth-order valence-electron chi connectivity index (χ4n) is 4.05. The Balaban J connectivity index is 1.96. The molecule has 8 nitrogen and oxygen atoms in total. The van der Waals surface area contributed by atoms with Crippen molar-refractivity contribution in [3.05, 3.63) is 80.3 Å². The van der Waals surface area contributed by atoms with E-state index in [0.29, 0.717) is 28.0 Å². The van der Waals surface area contributed by atoms with Gasteiger partial charge >= 0.3 is 0 Å². The quantitative estimate of drug-likeness (QED) is 0.464. The Hall–Kier alpha value is -4.07. The van der Waals surface area contributed by atoms with Crippen LogP contribution in [0.1, 0.15) is 42.4 Å². The van der Waals surface area contributed by atoms with E-state index in [9.17, 15) is 14.4 Å². The minimum Gasteiger partial charge on any atom is -0.455 e. The number of amides is 1.